The lowest BCUT2D eigenvalue weighted by molar-refractivity contribution is 0.393. The highest BCUT2D eigenvalue weighted by Crippen LogP contribution is 2.38. The predicted octanol–water partition coefficient (Wildman–Crippen LogP) is 3.02. The van der Waals surface area contributed by atoms with Crippen LogP contribution in [-0.2, 0) is 6.54 Å². The van der Waals surface area contributed by atoms with E-state index < -0.39 is 0 Å². The molecule has 1 N–H and O–H groups in total. The zero-order valence-corrected chi connectivity index (χ0v) is 11.9. The molecule has 0 radical (unpaired) electrons. The van der Waals surface area contributed by atoms with E-state index in [9.17, 15) is 0 Å². The van der Waals surface area contributed by atoms with Gasteiger partial charge < -0.3 is 10.1 Å². The normalized spacial score (nSPS) is 14.1. The van der Waals surface area contributed by atoms with Crippen LogP contribution in [0, 0.1) is 0 Å². The van der Waals surface area contributed by atoms with E-state index >= 15 is 0 Å². The summed E-state index contributed by atoms with van der Waals surface area (Å²) in [5.74, 6) is 2.65. The molecule has 2 aromatic rings. The van der Waals surface area contributed by atoms with Crippen molar-refractivity contribution in [2.75, 3.05) is 12.4 Å². The Labute approximate surface area is 122 Å². The van der Waals surface area contributed by atoms with Crippen molar-refractivity contribution in [2.24, 2.45) is 0 Å². The first kappa shape index (κ1) is 13.1. The number of hydrogen-bond acceptors (Lipinski definition) is 5. The van der Waals surface area contributed by atoms with E-state index in [0.717, 1.165) is 30.0 Å². The third kappa shape index (κ3) is 2.99. The maximum absolute atomic E-state index is 6.03. The molecule has 104 valence electrons. The zero-order valence-electron chi connectivity index (χ0n) is 11.1. The summed E-state index contributed by atoms with van der Waals surface area (Å²) in [5.41, 5.74) is 0.970. The summed E-state index contributed by atoms with van der Waals surface area (Å²) < 4.78 is 5.22. The first-order valence-corrected chi connectivity index (χ1v) is 6.90. The minimum absolute atomic E-state index is 0.474. The number of nitrogens with one attached hydrogen (secondary N) is 1. The molecule has 2 aromatic heterocycles. The lowest BCUT2D eigenvalue weighted by Gasteiger charge is -2.10. The van der Waals surface area contributed by atoms with E-state index in [1.54, 1.807) is 19.4 Å². The third-order valence-electron chi connectivity index (χ3n) is 3.16. The topological polar surface area (TPSA) is 59.9 Å². The molecule has 6 heteroatoms. The molecule has 0 atom stereocenters. The highest BCUT2D eigenvalue weighted by Gasteiger charge is 2.27. The molecule has 20 heavy (non-hydrogen) atoms. The van der Waals surface area contributed by atoms with Gasteiger partial charge in [-0.1, -0.05) is 17.7 Å². The molecule has 1 saturated carbocycles. The molecule has 2 heterocycles. The Morgan fingerprint density at radius 3 is 3.00 bits per heavy atom. The van der Waals surface area contributed by atoms with Gasteiger partial charge in [0, 0.05) is 30.3 Å². The van der Waals surface area contributed by atoms with Crippen LogP contribution in [0.1, 0.15) is 30.1 Å². The first-order chi connectivity index (χ1) is 9.76. The molecule has 1 fully saturated rings. The average Bonchev–Trinajstić information content (AvgIpc) is 3.29. The van der Waals surface area contributed by atoms with Gasteiger partial charge in [-0.3, -0.25) is 0 Å². The van der Waals surface area contributed by atoms with E-state index in [-0.39, 0.29) is 0 Å². The van der Waals surface area contributed by atoms with E-state index in [0.29, 0.717) is 23.5 Å². The van der Waals surface area contributed by atoms with Gasteiger partial charge in [0.1, 0.15) is 16.8 Å². The minimum atomic E-state index is 0.474. The number of halogens is 1. The molecule has 1 aliphatic carbocycles. The van der Waals surface area contributed by atoms with Crippen LogP contribution >= 0.6 is 11.6 Å². The largest absolute Gasteiger partial charge is 0.481 e. The molecule has 0 aliphatic heterocycles. The quantitative estimate of drug-likeness (QED) is 0.858. The van der Waals surface area contributed by atoms with E-state index in [2.05, 4.69) is 20.3 Å². The van der Waals surface area contributed by atoms with Crippen LogP contribution in [0.25, 0.3) is 0 Å². The summed E-state index contributed by atoms with van der Waals surface area (Å²) in [6, 6.07) is 5.57. The molecule has 0 saturated heterocycles. The fraction of sp³-hybridized carbons (Fsp3) is 0.357. The van der Waals surface area contributed by atoms with Gasteiger partial charge in [-0.05, 0) is 18.9 Å². The van der Waals surface area contributed by atoms with Crippen molar-refractivity contribution in [3.8, 4) is 5.88 Å². The van der Waals surface area contributed by atoms with Crippen molar-refractivity contribution in [1.82, 2.24) is 15.0 Å². The third-order valence-corrected chi connectivity index (χ3v) is 3.35. The number of aromatic nitrogens is 3. The van der Waals surface area contributed by atoms with Crippen molar-refractivity contribution in [2.45, 2.75) is 25.3 Å². The van der Waals surface area contributed by atoms with Gasteiger partial charge in [-0.15, -0.1) is 0 Å². The first-order valence-electron chi connectivity index (χ1n) is 6.52. The number of anilines is 1. The van der Waals surface area contributed by atoms with E-state index in [1.807, 2.05) is 12.1 Å². The maximum atomic E-state index is 6.03. The van der Waals surface area contributed by atoms with Crippen LogP contribution in [0.4, 0.5) is 5.82 Å². The Kier molecular flexibility index (Phi) is 3.69. The van der Waals surface area contributed by atoms with Crippen LogP contribution in [0.5, 0.6) is 5.88 Å². The Hall–Kier alpha value is -1.88. The summed E-state index contributed by atoms with van der Waals surface area (Å²) in [5, 5.41) is 3.72. The van der Waals surface area contributed by atoms with Crippen molar-refractivity contribution in [1.29, 1.82) is 0 Å². The highest BCUT2D eigenvalue weighted by atomic mass is 35.5. The van der Waals surface area contributed by atoms with Crippen molar-refractivity contribution in [3.63, 3.8) is 0 Å². The predicted molar refractivity (Wildman–Crippen MR) is 77.1 cm³/mol. The Morgan fingerprint density at radius 1 is 1.40 bits per heavy atom. The number of rotatable bonds is 5. The summed E-state index contributed by atoms with van der Waals surface area (Å²) in [6.45, 7) is 0.578. The molecule has 1 aliphatic rings. The van der Waals surface area contributed by atoms with Gasteiger partial charge in [-0.2, -0.15) is 0 Å². The van der Waals surface area contributed by atoms with E-state index in [4.69, 9.17) is 16.3 Å². The number of ether oxygens (including phenoxy) is 1. The second-order valence-electron chi connectivity index (χ2n) is 4.73. The molecule has 5 nitrogen and oxygen atoms in total. The van der Waals surface area contributed by atoms with Crippen LogP contribution in [0.2, 0.25) is 5.15 Å². The Balaban J connectivity index is 1.74. The van der Waals surface area contributed by atoms with Gasteiger partial charge in [-0.25, -0.2) is 15.0 Å². The van der Waals surface area contributed by atoms with Gasteiger partial charge in [0.05, 0.1) is 7.11 Å². The highest BCUT2D eigenvalue weighted by molar-refractivity contribution is 6.29. The molecule has 0 bridgehead atoms. The maximum Gasteiger partial charge on any atom is 0.218 e. The van der Waals surface area contributed by atoms with Crippen molar-refractivity contribution in [3.05, 3.63) is 40.9 Å². The molecule has 0 spiro atoms. The number of nitrogens with zero attached hydrogens (tertiary/aromatic N) is 3. The smallest absolute Gasteiger partial charge is 0.218 e. The Bertz CT molecular complexity index is 616. The second-order valence-corrected chi connectivity index (χ2v) is 5.12. The monoisotopic (exact) mass is 290 g/mol. The lowest BCUT2D eigenvalue weighted by atomic mass is 10.2. The van der Waals surface area contributed by atoms with Crippen LogP contribution in [0.3, 0.4) is 0 Å². The summed E-state index contributed by atoms with van der Waals surface area (Å²) in [7, 11) is 1.61. The lowest BCUT2D eigenvalue weighted by Crippen LogP contribution is -2.06. The summed E-state index contributed by atoms with van der Waals surface area (Å²) in [6.07, 6.45) is 4.00. The van der Waals surface area contributed by atoms with Crippen molar-refractivity contribution < 1.29 is 4.74 Å². The van der Waals surface area contributed by atoms with Crippen LogP contribution in [-0.4, -0.2) is 22.1 Å². The number of pyridine rings is 1. The summed E-state index contributed by atoms with van der Waals surface area (Å²) in [4.78, 5) is 12.9. The van der Waals surface area contributed by atoms with Gasteiger partial charge in [0.15, 0.2) is 0 Å². The molecule has 0 aromatic carbocycles. The zero-order chi connectivity index (χ0) is 13.9. The molecular weight excluding hydrogens is 276 g/mol. The molecule has 3 rings (SSSR count). The molecule has 0 unspecified atom stereocenters. The number of hydrogen-bond donors (Lipinski definition) is 1. The average molecular weight is 291 g/mol. The fourth-order valence-electron chi connectivity index (χ4n) is 1.98. The standard InChI is InChI=1S/C14H15ClN4O/c1-20-14-10(3-2-6-16-14)8-17-12-7-11(15)18-13(19-12)9-4-5-9/h2-3,6-7,9H,4-5,8H2,1H3,(H,17,18,19). The SMILES string of the molecule is COc1ncccc1CNc1cc(Cl)nc(C2CC2)n1. The summed E-state index contributed by atoms with van der Waals surface area (Å²) >= 11 is 6.03. The van der Waals surface area contributed by atoms with E-state index in [1.165, 1.54) is 0 Å². The molecule has 0 amide bonds. The minimum Gasteiger partial charge on any atom is -0.481 e. The van der Waals surface area contributed by atoms with Crippen LogP contribution in [0.15, 0.2) is 24.4 Å². The van der Waals surface area contributed by atoms with Crippen molar-refractivity contribution >= 4 is 17.4 Å². The number of methoxy groups -OCH3 is 1. The van der Waals surface area contributed by atoms with Gasteiger partial charge in [0.2, 0.25) is 5.88 Å². The fourth-order valence-corrected chi connectivity index (χ4v) is 2.17. The van der Waals surface area contributed by atoms with Gasteiger partial charge in [0.25, 0.3) is 0 Å². The molecular formula is C14H15ClN4O. The Morgan fingerprint density at radius 2 is 2.25 bits per heavy atom. The van der Waals surface area contributed by atoms with Crippen LogP contribution < -0.4 is 10.1 Å². The van der Waals surface area contributed by atoms with Gasteiger partial charge >= 0.3 is 0 Å². The second kappa shape index (κ2) is 5.63.